The number of nitrogens with zero attached hydrogens (tertiary/aromatic N) is 1. The third-order valence-electron chi connectivity index (χ3n) is 4.61. The Morgan fingerprint density at radius 1 is 1.05 bits per heavy atom. The molecule has 120 valence electrons. The van der Waals surface area contributed by atoms with Gasteiger partial charge >= 0.3 is 0 Å². The summed E-state index contributed by atoms with van der Waals surface area (Å²) in [6, 6.07) is 2.20. The van der Waals surface area contributed by atoms with Crippen molar-refractivity contribution in [3.63, 3.8) is 0 Å². The first-order valence-electron chi connectivity index (χ1n) is 9.03. The smallest absolute Gasteiger partial charge is 0.0223 e. The molecule has 0 aromatic rings. The van der Waals surface area contributed by atoms with Gasteiger partial charge in [-0.2, -0.15) is 0 Å². The highest BCUT2D eigenvalue weighted by atomic mass is 15.2. The lowest BCUT2D eigenvalue weighted by molar-refractivity contribution is 0.116. The van der Waals surface area contributed by atoms with Crippen LogP contribution < -0.4 is 5.32 Å². The fourth-order valence-corrected chi connectivity index (χ4v) is 3.40. The van der Waals surface area contributed by atoms with Crippen LogP contribution in [0, 0.1) is 5.92 Å². The van der Waals surface area contributed by atoms with Crippen molar-refractivity contribution in [2.75, 3.05) is 13.1 Å². The van der Waals surface area contributed by atoms with Gasteiger partial charge in [0.25, 0.3) is 0 Å². The molecule has 1 N–H and O–H groups in total. The van der Waals surface area contributed by atoms with Gasteiger partial charge in [-0.3, -0.25) is 4.90 Å². The lowest BCUT2D eigenvalue weighted by atomic mass is 10.0. The molecule has 0 radical (unpaired) electrons. The van der Waals surface area contributed by atoms with Crippen molar-refractivity contribution >= 4 is 0 Å². The van der Waals surface area contributed by atoms with Crippen LogP contribution >= 0.6 is 0 Å². The maximum absolute atomic E-state index is 3.68. The fourth-order valence-electron chi connectivity index (χ4n) is 3.40. The van der Waals surface area contributed by atoms with Gasteiger partial charge < -0.3 is 5.32 Å². The van der Waals surface area contributed by atoms with E-state index in [2.05, 4.69) is 44.8 Å². The van der Waals surface area contributed by atoms with Crippen LogP contribution in [0.25, 0.3) is 0 Å². The molecule has 0 amide bonds. The first kappa shape index (κ1) is 18.0. The maximum atomic E-state index is 3.68. The van der Waals surface area contributed by atoms with E-state index in [9.17, 15) is 0 Å². The van der Waals surface area contributed by atoms with E-state index in [1.54, 1.807) is 0 Å². The highest BCUT2D eigenvalue weighted by molar-refractivity contribution is 4.84. The predicted molar refractivity (Wildman–Crippen MR) is 90.3 cm³/mol. The summed E-state index contributed by atoms with van der Waals surface area (Å²) < 4.78 is 0. The largest absolute Gasteiger partial charge is 0.313 e. The topological polar surface area (TPSA) is 15.3 Å². The highest BCUT2D eigenvalue weighted by Gasteiger charge is 2.28. The summed E-state index contributed by atoms with van der Waals surface area (Å²) in [5, 5.41) is 3.68. The average molecular weight is 283 g/mol. The zero-order valence-corrected chi connectivity index (χ0v) is 14.6. The maximum Gasteiger partial charge on any atom is 0.0223 e. The predicted octanol–water partition coefficient (Wildman–Crippen LogP) is 4.44. The molecule has 1 atom stereocenters. The van der Waals surface area contributed by atoms with Crippen LogP contribution in [0.4, 0.5) is 0 Å². The van der Waals surface area contributed by atoms with Crippen LogP contribution in [0.5, 0.6) is 0 Å². The standard InChI is InChI=1S/C18H38N2/c1-6-9-18(14-19-16(4)5)20(13-12-15(2)3)17-10-7-8-11-17/h15-19H,6-14H2,1-5H3. The minimum Gasteiger partial charge on any atom is -0.313 e. The molecule has 0 heterocycles. The lowest BCUT2D eigenvalue weighted by Gasteiger charge is -2.37. The van der Waals surface area contributed by atoms with Crippen LogP contribution in [0.2, 0.25) is 0 Å². The second-order valence-corrected chi connectivity index (χ2v) is 7.36. The van der Waals surface area contributed by atoms with Crippen molar-refractivity contribution in [2.45, 2.75) is 97.7 Å². The summed E-state index contributed by atoms with van der Waals surface area (Å²) in [4.78, 5) is 2.87. The molecule has 0 aromatic carbocycles. The molecule has 20 heavy (non-hydrogen) atoms. The molecule has 1 rings (SSSR count). The van der Waals surface area contributed by atoms with Crippen molar-refractivity contribution in [3.05, 3.63) is 0 Å². The fraction of sp³-hybridized carbons (Fsp3) is 1.00. The highest BCUT2D eigenvalue weighted by Crippen LogP contribution is 2.27. The Bertz CT molecular complexity index is 232. The van der Waals surface area contributed by atoms with E-state index in [1.807, 2.05) is 0 Å². The van der Waals surface area contributed by atoms with Crippen LogP contribution in [0.1, 0.15) is 79.6 Å². The van der Waals surface area contributed by atoms with E-state index >= 15 is 0 Å². The summed E-state index contributed by atoms with van der Waals surface area (Å²) in [5.74, 6) is 0.819. The third kappa shape index (κ3) is 6.58. The Labute approximate surface area is 127 Å². The van der Waals surface area contributed by atoms with Crippen molar-refractivity contribution in [1.82, 2.24) is 10.2 Å². The zero-order valence-electron chi connectivity index (χ0n) is 14.6. The van der Waals surface area contributed by atoms with E-state index in [0.29, 0.717) is 6.04 Å². The van der Waals surface area contributed by atoms with Crippen LogP contribution in [0.3, 0.4) is 0 Å². The lowest BCUT2D eigenvalue weighted by Crippen LogP contribution is -2.48. The molecule has 2 heteroatoms. The van der Waals surface area contributed by atoms with Gasteiger partial charge in [0, 0.05) is 24.7 Å². The second-order valence-electron chi connectivity index (χ2n) is 7.36. The summed E-state index contributed by atoms with van der Waals surface area (Å²) in [6.07, 6.45) is 9.74. The van der Waals surface area contributed by atoms with Gasteiger partial charge in [0.2, 0.25) is 0 Å². The molecule has 1 fully saturated rings. The number of nitrogens with one attached hydrogen (secondary N) is 1. The quantitative estimate of drug-likeness (QED) is 0.637. The average Bonchev–Trinajstić information content (AvgIpc) is 2.89. The summed E-state index contributed by atoms with van der Waals surface area (Å²) in [5.41, 5.74) is 0. The molecule has 0 aromatic heterocycles. The second kappa shape index (κ2) is 9.78. The van der Waals surface area contributed by atoms with Gasteiger partial charge in [-0.05, 0) is 38.1 Å². The van der Waals surface area contributed by atoms with Crippen molar-refractivity contribution in [2.24, 2.45) is 5.92 Å². The molecular weight excluding hydrogens is 244 g/mol. The van der Waals surface area contributed by atoms with Gasteiger partial charge in [-0.25, -0.2) is 0 Å². The van der Waals surface area contributed by atoms with Gasteiger partial charge in [-0.1, -0.05) is 53.9 Å². The Morgan fingerprint density at radius 2 is 1.70 bits per heavy atom. The minimum atomic E-state index is 0.602. The summed E-state index contributed by atoms with van der Waals surface area (Å²) in [6.45, 7) is 14.0. The van der Waals surface area contributed by atoms with Crippen molar-refractivity contribution in [1.29, 1.82) is 0 Å². The normalized spacial score (nSPS) is 18.6. The van der Waals surface area contributed by atoms with Gasteiger partial charge in [0.15, 0.2) is 0 Å². The molecule has 1 unspecified atom stereocenters. The molecular formula is C18H38N2. The van der Waals surface area contributed by atoms with Crippen molar-refractivity contribution < 1.29 is 0 Å². The molecule has 1 aliphatic carbocycles. The summed E-state index contributed by atoms with van der Waals surface area (Å²) in [7, 11) is 0. The van der Waals surface area contributed by atoms with Gasteiger partial charge in [0.1, 0.15) is 0 Å². The molecule has 0 bridgehead atoms. The molecule has 0 aliphatic heterocycles. The monoisotopic (exact) mass is 282 g/mol. The molecule has 0 saturated heterocycles. The molecule has 0 spiro atoms. The van der Waals surface area contributed by atoms with Crippen LogP contribution in [-0.4, -0.2) is 36.1 Å². The number of hydrogen-bond acceptors (Lipinski definition) is 2. The van der Waals surface area contributed by atoms with E-state index in [1.165, 1.54) is 58.0 Å². The third-order valence-corrected chi connectivity index (χ3v) is 4.61. The van der Waals surface area contributed by atoms with Gasteiger partial charge in [0.05, 0.1) is 0 Å². The van der Waals surface area contributed by atoms with Gasteiger partial charge in [-0.15, -0.1) is 0 Å². The van der Waals surface area contributed by atoms with Crippen LogP contribution in [-0.2, 0) is 0 Å². The summed E-state index contributed by atoms with van der Waals surface area (Å²) >= 11 is 0. The van der Waals surface area contributed by atoms with E-state index in [-0.39, 0.29) is 0 Å². The Balaban J connectivity index is 2.62. The molecule has 1 aliphatic rings. The molecule has 2 nitrogen and oxygen atoms in total. The Morgan fingerprint density at radius 3 is 2.20 bits per heavy atom. The first-order chi connectivity index (χ1) is 9.54. The van der Waals surface area contributed by atoms with Crippen molar-refractivity contribution in [3.8, 4) is 0 Å². The van der Waals surface area contributed by atoms with E-state index in [4.69, 9.17) is 0 Å². The number of hydrogen-bond donors (Lipinski definition) is 1. The van der Waals surface area contributed by atoms with E-state index in [0.717, 1.165) is 18.0 Å². The zero-order chi connectivity index (χ0) is 15.0. The first-order valence-corrected chi connectivity index (χ1v) is 9.03. The SMILES string of the molecule is CCCC(CNC(C)C)N(CCC(C)C)C1CCCC1. The number of rotatable bonds is 10. The molecule has 1 saturated carbocycles. The van der Waals surface area contributed by atoms with Crippen LogP contribution in [0.15, 0.2) is 0 Å². The van der Waals surface area contributed by atoms with E-state index < -0.39 is 0 Å². The Kier molecular flexibility index (Phi) is 8.79. The Hall–Kier alpha value is -0.0800. The minimum absolute atomic E-state index is 0.602.